The van der Waals surface area contributed by atoms with Crippen molar-refractivity contribution >= 4 is 17.3 Å². The lowest BCUT2D eigenvalue weighted by molar-refractivity contribution is 0.0317. The monoisotopic (exact) mass is 482 g/mol. The molecule has 2 aliphatic heterocycles. The van der Waals surface area contributed by atoms with E-state index in [4.69, 9.17) is 24.0 Å². The Morgan fingerprint density at radius 1 is 1.00 bits per heavy atom. The summed E-state index contributed by atoms with van der Waals surface area (Å²) in [5, 5.41) is 4.75. The van der Waals surface area contributed by atoms with E-state index in [1.165, 1.54) is 5.56 Å². The van der Waals surface area contributed by atoms with E-state index in [1.54, 1.807) is 7.11 Å². The lowest BCUT2D eigenvalue weighted by atomic mass is 9.90. The topological polar surface area (TPSA) is 93.6 Å². The Morgan fingerprint density at radius 3 is 2.60 bits per heavy atom. The van der Waals surface area contributed by atoms with Crippen molar-refractivity contribution in [2.45, 2.75) is 19.3 Å². The van der Waals surface area contributed by atoms with Gasteiger partial charge in [-0.05, 0) is 43.0 Å². The molecule has 1 N–H and O–H groups in total. The molecule has 3 aliphatic rings. The molecule has 0 amide bonds. The lowest BCUT2D eigenvalue weighted by Crippen LogP contribution is -2.39. The maximum absolute atomic E-state index is 5.99. The number of ether oxygens (including phenoxy) is 4. The van der Waals surface area contributed by atoms with Gasteiger partial charge in [-0.15, -0.1) is 0 Å². The van der Waals surface area contributed by atoms with Gasteiger partial charge in [0.15, 0.2) is 5.82 Å². The van der Waals surface area contributed by atoms with Gasteiger partial charge in [0.2, 0.25) is 0 Å². The van der Waals surface area contributed by atoms with Crippen LogP contribution in [0.5, 0.6) is 11.8 Å². The molecule has 10 nitrogen and oxygen atoms in total. The summed E-state index contributed by atoms with van der Waals surface area (Å²) in [6, 6.07) is 8.47. The first-order valence-electron chi connectivity index (χ1n) is 12.4. The Bertz CT molecular complexity index is 1020. The molecule has 1 aliphatic carbocycles. The lowest BCUT2D eigenvalue weighted by Gasteiger charge is -2.28. The van der Waals surface area contributed by atoms with Gasteiger partial charge in [-0.3, -0.25) is 10.3 Å². The van der Waals surface area contributed by atoms with Gasteiger partial charge in [0.1, 0.15) is 18.2 Å². The van der Waals surface area contributed by atoms with Crippen molar-refractivity contribution in [3.8, 4) is 11.8 Å². The van der Waals surface area contributed by atoms with E-state index in [-0.39, 0.29) is 0 Å². The normalized spacial score (nSPS) is 19.9. The maximum atomic E-state index is 5.99. The second kappa shape index (κ2) is 11.7. The Morgan fingerprint density at radius 2 is 1.80 bits per heavy atom. The molecule has 5 rings (SSSR count). The fourth-order valence-electron chi connectivity index (χ4n) is 4.59. The summed E-state index contributed by atoms with van der Waals surface area (Å²) in [6.45, 7) is 7.67. The van der Waals surface area contributed by atoms with Gasteiger partial charge >= 0.3 is 6.01 Å². The molecule has 188 valence electrons. The van der Waals surface area contributed by atoms with Crippen LogP contribution in [0.1, 0.15) is 24.0 Å². The number of hydrogen-bond acceptors (Lipinski definition) is 10. The van der Waals surface area contributed by atoms with Crippen LogP contribution in [0.25, 0.3) is 0 Å². The number of fused-ring (bicyclic) bond motifs is 1. The fourth-order valence-corrected chi connectivity index (χ4v) is 4.59. The van der Waals surface area contributed by atoms with Crippen molar-refractivity contribution in [1.29, 1.82) is 0 Å². The number of methoxy groups -OCH3 is 1. The zero-order valence-corrected chi connectivity index (χ0v) is 20.4. The molecule has 1 aromatic heterocycles. The number of benzene rings is 1. The molecule has 3 heterocycles. The van der Waals surface area contributed by atoms with Gasteiger partial charge in [0, 0.05) is 44.4 Å². The molecule has 0 atom stereocenters. The van der Waals surface area contributed by atoms with Gasteiger partial charge in [0.25, 0.3) is 0 Å². The molecule has 0 bridgehead atoms. The summed E-state index contributed by atoms with van der Waals surface area (Å²) in [5.41, 5.74) is 6.63. The number of anilines is 2. The summed E-state index contributed by atoms with van der Waals surface area (Å²) in [5.74, 6) is 2.32. The van der Waals surface area contributed by atoms with Gasteiger partial charge in [-0.2, -0.15) is 15.1 Å². The highest BCUT2D eigenvalue weighted by atomic mass is 16.5. The Hall–Kier alpha value is -2.95. The van der Waals surface area contributed by atoms with Crippen molar-refractivity contribution in [2.24, 2.45) is 5.10 Å². The fraction of sp³-hybridized carbons (Fsp3) is 0.560. The first-order valence-corrected chi connectivity index (χ1v) is 12.4. The minimum atomic E-state index is 0.360. The quantitative estimate of drug-likeness (QED) is 0.568. The zero-order chi connectivity index (χ0) is 23.9. The van der Waals surface area contributed by atoms with Gasteiger partial charge < -0.3 is 23.8 Å². The molecular formula is C25H34N6O4. The molecule has 1 aromatic carbocycles. The van der Waals surface area contributed by atoms with Gasteiger partial charge in [-0.1, -0.05) is 0 Å². The zero-order valence-electron chi connectivity index (χ0n) is 20.4. The van der Waals surface area contributed by atoms with Crippen LogP contribution < -0.4 is 19.8 Å². The Labute approximate surface area is 206 Å². The molecule has 0 spiro atoms. The summed E-state index contributed by atoms with van der Waals surface area (Å²) >= 11 is 0. The summed E-state index contributed by atoms with van der Waals surface area (Å²) < 4.78 is 22.3. The van der Waals surface area contributed by atoms with Crippen LogP contribution in [-0.2, 0) is 15.9 Å². The molecule has 2 aromatic rings. The second-order valence-electron chi connectivity index (χ2n) is 8.84. The van der Waals surface area contributed by atoms with Crippen LogP contribution in [0, 0.1) is 0 Å². The predicted molar refractivity (Wildman–Crippen MR) is 134 cm³/mol. The smallest absolute Gasteiger partial charge is 0.320 e. The van der Waals surface area contributed by atoms with Crippen molar-refractivity contribution < 1.29 is 18.9 Å². The summed E-state index contributed by atoms with van der Waals surface area (Å²) in [7, 11) is 1.70. The molecule has 0 radical (unpaired) electrons. The highest BCUT2D eigenvalue weighted by Gasteiger charge is 2.19. The van der Waals surface area contributed by atoms with E-state index in [1.807, 2.05) is 12.1 Å². The molecule has 0 saturated carbocycles. The van der Waals surface area contributed by atoms with Crippen molar-refractivity contribution in [1.82, 2.24) is 14.9 Å². The highest BCUT2D eigenvalue weighted by molar-refractivity contribution is 6.03. The largest absolute Gasteiger partial charge is 0.497 e. The number of morpholine rings is 2. The third-order valence-electron chi connectivity index (χ3n) is 6.56. The number of nitrogens with one attached hydrogen (secondary N) is 1. The molecule has 10 heteroatoms. The minimum Gasteiger partial charge on any atom is -0.497 e. The summed E-state index contributed by atoms with van der Waals surface area (Å²) in [4.78, 5) is 13.8. The van der Waals surface area contributed by atoms with Crippen LogP contribution in [0.4, 0.5) is 11.6 Å². The third-order valence-corrected chi connectivity index (χ3v) is 6.56. The SMILES string of the molecule is COc1ccc2c(c1)CCC/C2=N/Nc1cc(N2CCOCC2)nc(OCCN2CCOCC2)n1. The van der Waals surface area contributed by atoms with Gasteiger partial charge in [0.05, 0.1) is 39.2 Å². The van der Waals surface area contributed by atoms with E-state index in [2.05, 4.69) is 37.3 Å². The van der Waals surface area contributed by atoms with Gasteiger partial charge in [-0.25, -0.2) is 0 Å². The first kappa shape index (κ1) is 23.8. The van der Waals surface area contributed by atoms with Crippen LogP contribution in [-0.4, -0.2) is 93.4 Å². The van der Waals surface area contributed by atoms with Crippen molar-refractivity contribution in [2.75, 3.05) is 83.2 Å². The molecule has 2 saturated heterocycles. The average Bonchev–Trinajstić information content (AvgIpc) is 2.92. The standard InChI is InChI=1S/C25H34N6O4/c1-32-20-5-6-21-19(17-20)3-2-4-22(21)28-29-23-18-24(31-10-14-34-15-11-31)27-25(26-23)35-16-9-30-7-12-33-13-8-30/h5-6,17-18H,2-4,7-16H2,1H3,(H,26,27,29)/b28-22-. The van der Waals surface area contributed by atoms with Crippen LogP contribution in [0.2, 0.25) is 0 Å². The van der Waals surface area contributed by atoms with Crippen molar-refractivity contribution in [3.63, 3.8) is 0 Å². The number of aromatic nitrogens is 2. The minimum absolute atomic E-state index is 0.360. The average molecular weight is 483 g/mol. The summed E-state index contributed by atoms with van der Waals surface area (Å²) in [6.07, 6.45) is 3.00. The van der Waals surface area contributed by atoms with Crippen LogP contribution >= 0.6 is 0 Å². The predicted octanol–water partition coefficient (Wildman–Crippen LogP) is 2.19. The van der Waals surface area contributed by atoms with E-state index in [0.29, 0.717) is 31.6 Å². The number of nitrogens with zero attached hydrogens (tertiary/aromatic N) is 5. The number of hydrogen-bond donors (Lipinski definition) is 1. The molecule has 2 fully saturated rings. The third kappa shape index (κ3) is 6.19. The van der Waals surface area contributed by atoms with E-state index in [9.17, 15) is 0 Å². The number of rotatable bonds is 8. The Kier molecular flexibility index (Phi) is 7.92. The molecular weight excluding hydrogens is 448 g/mol. The van der Waals surface area contributed by atoms with E-state index < -0.39 is 0 Å². The van der Waals surface area contributed by atoms with Crippen LogP contribution in [0.15, 0.2) is 29.4 Å². The maximum Gasteiger partial charge on any atom is 0.320 e. The highest BCUT2D eigenvalue weighted by Crippen LogP contribution is 2.26. The second-order valence-corrected chi connectivity index (χ2v) is 8.84. The number of aryl methyl sites for hydroxylation is 1. The number of hydrazone groups is 1. The van der Waals surface area contributed by atoms with E-state index in [0.717, 1.165) is 88.0 Å². The molecule has 0 unspecified atom stereocenters. The molecule has 35 heavy (non-hydrogen) atoms. The van der Waals surface area contributed by atoms with E-state index >= 15 is 0 Å². The van der Waals surface area contributed by atoms with Crippen molar-refractivity contribution in [3.05, 3.63) is 35.4 Å². The Balaban J connectivity index is 1.32. The first-order chi connectivity index (χ1) is 17.3. The van der Waals surface area contributed by atoms with Crippen LogP contribution in [0.3, 0.4) is 0 Å².